The standard InChI is InChI=1S/C19H13N3OS2/c23-19(22-20-12-13-5-3-9-24-13)15-11-17(18-8-4-10-25-18)21-16-7-2-1-6-14(15)16/h1-12H,(H,22,23). The van der Waals surface area contributed by atoms with Crippen molar-refractivity contribution in [2.24, 2.45) is 5.10 Å². The van der Waals surface area contributed by atoms with Gasteiger partial charge in [-0.1, -0.05) is 30.3 Å². The van der Waals surface area contributed by atoms with Crippen LogP contribution in [-0.4, -0.2) is 17.1 Å². The molecule has 0 atom stereocenters. The Kier molecular flexibility index (Phi) is 4.37. The second kappa shape index (κ2) is 6.96. The number of para-hydroxylation sites is 1. The fraction of sp³-hybridized carbons (Fsp3) is 0. The number of hydrazone groups is 1. The summed E-state index contributed by atoms with van der Waals surface area (Å²) in [6, 6.07) is 17.3. The van der Waals surface area contributed by atoms with Gasteiger partial charge < -0.3 is 0 Å². The molecule has 4 nitrogen and oxygen atoms in total. The zero-order valence-corrected chi connectivity index (χ0v) is 14.7. The van der Waals surface area contributed by atoms with E-state index in [0.29, 0.717) is 5.56 Å². The Morgan fingerprint density at radius 2 is 1.88 bits per heavy atom. The fourth-order valence-corrected chi connectivity index (χ4v) is 3.76. The summed E-state index contributed by atoms with van der Waals surface area (Å²) in [6.07, 6.45) is 1.64. The molecule has 0 aliphatic heterocycles. The number of nitrogens with zero attached hydrogens (tertiary/aromatic N) is 2. The van der Waals surface area contributed by atoms with Crippen LogP contribution in [0.25, 0.3) is 21.5 Å². The quantitative estimate of drug-likeness (QED) is 0.419. The summed E-state index contributed by atoms with van der Waals surface area (Å²) >= 11 is 3.16. The number of aromatic nitrogens is 1. The number of thiophene rings is 2. The van der Waals surface area contributed by atoms with Gasteiger partial charge >= 0.3 is 0 Å². The number of benzene rings is 1. The number of carbonyl (C=O) groups is 1. The van der Waals surface area contributed by atoms with E-state index in [1.54, 1.807) is 28.9 Å². The molecule has 0 saturated heterocycles. The predicted molar refractivity (Wildman–Crippen MR) is 104 cm³/mol. The number of hydrogen-bond acceptors (Lipinski definition) is 5. The van der Waals surface area contributed by atoms with Gasteiger partial charge in [-0.05, 0) is 35.0 Å². The van der Waals surface area contributed by atoms with Crippen molar-refractivity contribution < 1.29 is 4.79 Å². The summed E-state index contributed by atoms with van der Waals surface area (Å²) < 4.78 is 0. The number of carbonyl (C=O) groups excluding carboxylic acids is 1. The maximum atomic E-state index is 12.7. The second-order valence-corrected chi connectivity index (χ2v) is 7.19. The van der Waals surface area contributed by atoms with E-state index in [0.717, 1.165) is 26.4 Å². The lowest BCUT2D eigenvalue weighted by Gasteiger charge is -2.07. The van der Waals surface area contributed by atoms with Crippen molar-refractivity contribution in [1.29, 1.82) is 0 Å². The average molecular weight is 363 g/mol. The van der Waals surface area contributed by atoms with Gasteiger partial charge in [0.15, 0.2) is 0 Å². The molecule has 1 amide bonds. The Morgan fingerprint density at radius 3 is 2.68 bits per heavy atom. The molecule has 6 heteroatoms. The number of hydrogen-bond donors (Lipinski definition) is 1. The van der Waals surface area contributed by atoms with E-state index in [-0.39, 0.29) is 5.91 Å². The summed E-state index contributed by atoms with van der Waals surface area (Å²) in [6.45, 7) is 0. The van der Waals surface area contributed by atoms with Gasteiger partial charge in [0.05, 0.1) is 27.9 Å². The van der Waals surface area contributed by atoms with E-state index in [9.17, 15) is 4.79 Å². The number of rotatable bonds is 4. The van der Waals surface area contributed by atoms with E-state index < -0.39 is 0 Å². The molecule has 3 heterocycles. The van der Waals surface area contributed by atoms with Gasteiger partial charge in [-0.15, -0.1) is 22.7 Å². The largest absolute Gasteiger partial charge is 0.272 e. The van der Waals surface area contributed by atoms with E-state index in [1.165, 1.54) is 0 Å². The van der Waals surface area contributed by atoms with Crippen LogP contribution in [0.5, 0.6) is 0 Å². The van der Waals surface area contributed by atoms with Crippen molar-refractivity contribution in [2.45, 2.75) is 0 Å². The summed E-state index contributed by atoms with van der Waals surface area (Å²) in [5.74, 6) is -0.246. The van der Waals surface area contributed by atoms with Gasteiger partial charge in [-0.2, -0.15) is 5.10 Å². The number of amides is 1. The van der Waals surface area contributed by atoms with Crippen molar-refractivity contribution in [3.63, 3.8) is 0 Å². The maximum Gasteiger partial charge on any atom is 0.272 e. The van der Waals surface area contributed by atoms with Crippen LogP contribution >= 0.6 is 22.7 Å². The normalized spacial score (nSPS) is 11.2. The lowest BCUT2D eigenvalue weighted by atomic mass is 10.1. The third-order valence-electron chi connectivity index (χ3n) is 3.64. The number of nitrogens with one attached hydrogen (secondary N) is 1. The fourth-order valence-electron chi connectivity index (χ4n) is 2.49. The predicted octanol–water partition coefficient (Wildman–Crippen LogP) is 4.79. The molecule has 0 bridgehead atoms. The first-order valence-corrected chi connectivity index (χ1v) is 9.38. The zero-order chi connectivity index (χ0) is 17.1. The third-order valence-corrected chi connectivity index (χ3v) is 5.33. The van der Waals surface area contributed by atoms with Crippen LogP contribution < -0.4 is 5.43 Å². The molecular formula is C19H13N3OS2. The highest BCUT2D eigenvalue weighted by molar-refractivity contribution is 7.13. The van der Waals surface area contributed by atoms with Crippen LogP contribution in [0, 0.1) is 0 Å². The molecule has 4 rings (SSSR count). The molecule has 25 heavy (non-hydrogen) atoms. The summed E-state index contributed by atoms with van der Waals surface area (Å²) in [5.41, 5.74) is 4.77. The minimum absolute atomic E-state index is 0.246. The Hall–Kier alpha value is -2.83. The molecular weight excluding hydrogens is 350 g/mol. The van der Waals surface area contributed by atoms with Gasteiger partial charge in [-0.25, -0.2) is 10.4 Å². The van der Waals surface area contributed by atoms with Crippen LogP contribution in [0.4, 0.5) is 0 Å². The molecule has 0 unspecified atom stereocenters. The Morgan fingerprint density at radius 1 is 1.04 bits per heavy atom. The van der Waals surface area contributed by atoms with Crippen LogP contribution in [-0.2, 0) is 0 Å². The number of fused-ring (bicyclic) bond motifs is 1. The Bertz CT molecular complexity index is 1040. The van der Waals surface area contributed by atoms with Crippen molar-refractivity contribution in [1.82, 2.24) is 10.4 Å². The Labute approximate surface area is 152 Å². The van der Waals surface area contributed by atoms with Crippen LogP contribution in [0.1, 0.15) is 15.2 Å². The van der Waals surface area contributed by atoms with Gasteiger partial charge in [-0.3, -0.25) is 4.79 Å². The van der Waals surface area contributed by atoms with Crippen molar-refractivity contribution in [2.75, 3.05) is 0 Å². The minimum atomic E-state index is -0.246. The van der Waals surface area contributed by atoms with E-state index in [4.69, 9.17) is 0 Å². The lowest BCUT2D eigenvalue weighted by molar-refractivity contribution is 0.0957. The van der Waals surface area contributed by atoms with E-state index in [1.807, 2.05) is 65.4 Å². The van der Waals surface area contributed by atoms with Crippen LogP contribution in [0.2, 0.25) is 0 Å². The van der Waals surface area contributed by atoms with Crippen molar-refractivity contribution in [3.05, 3.63) is 75.8 Å². The first-order chi connectivity index (χ1) is 12.3. The Balaban J connectivity index is 1.70. The lowest BCUT2D eigenvalue weighted by Crippen LogP contribution is -2.18. The van der Waals surface area contributed by atoms with Crippen molar-refractivity contribution in [3.8, 4) is 10.6 Å². The average Bonchev–Trinajstić information content (AvgIpc) is 3.34. The highest BCUT2D eigenvalue weighted by atomic mass is 32.1. The van der Waals surface area contributed by atoms with E-state index in [2.05, 4.69) is 15.5 Å². The summed E-state index contributed by atoms with van der Waals surface area (Å²) in [4.78, 5) is 19.4. The van der Waals surface area contributed by atoms with Crippen molar-refractivity contribution >= 4 is 45.7 Å². The molecule has 0 fully saturated rings. The summed E-state index contributed by atoms with van der Waals surface area (Å²) in [5, 5.41) is 8.83. The highest BCUT2D eigenvalue weighted by Crippen LogP contribution is 2.27. The molecule has 122 valence electrons. The minimum Gasteiger partial charge on any atom is -0.267 e. The third kappa shape index (κ3) is 3.35. The molecule has 3 aromatic heterocycles. The topological polar surface area (TPSA) is 54.4 Å². The first-order valence-electron chi connectivity index (χ1n) is 7.62. The SMILES string of the molecule is O=C(NN=Cc1cccs1)c1cc(-c2cccs2)nc2ccccc12. The van der Waals surface area contributed by atoms with E-state index >= 15 is 0 Å². The monoisotopic (exact) mass is 363 g/mol. The molecule has 0 aliphatic rings. The summed E-state index contributed by atoms with van der Waals surface area (Å²) in [7, 11) is 0. The highest BCUT2D eigenvalue weighted by Gasteiger charge is 2.13. The molecule has 1 N–H and O–H groups in total. The van der Waals surface area contributed by atoms with Crippen LogP contribution in [0.15, 0.2) is 70.5 Å². The molecule has 0 spiro atoms. The molecule has 0 radical (unpaired) electrons. The smallest absolute Gasteiger partial charge is 0.267 e. The maximum absolute atomic E-state index is 12.7. The molecule has 0 aliphatic carbocycles. The van der Waals surface area contributed by atoms with Gasteiger partial charge in [0.1, 0.15) is 0 Å². The van der Waals surface area contributed by atoms with Gasteiger partial charge in [0.2, 0.25) is 0 Å². The van der Waals surface area contributed by atoms with Crippen LogP contribution in [0.3, 0.4) is 0 Å². The van der Waals surface area contributed by atoms with Gasteiger partial charge in [0.25, 0.3) is 5.91 Å². The molecule has 0 saturated carbocycles. The van der Waals surface area contributed by atoms with Gasteiger partial charge in [0, 0.05) is 10.3 Å². The first kappa shape index (κ1) is 15.7. The molecule has 1 aromatic carbocycles. The zero-order valence-electron chi connectivity index (χ0n) is 13.0. The number of pyridine rings is 1. The second-order valence-electron chi connectivity index (χ2n) is 5.26. The molecule has 4 aromatic rings.